The molecule has 1 atom stereocenters. The molecule has 3 N–H and O–H groups in total. The Hall–Kier alpha value is -0.370. The maximum atomic E-state index is 12.5. The summed E-state index contributed by atoms with van der Waals surface area (Å²) in [6, 6.07) is 2.88. The molecule has 1 fully saturated rings. The van der Waals surface area contributed by atoms with Gasteiger partial charge in [-0.15, -0.1) is 0 Å². The highest BCUT2D eigenvalue weighted by molar-refractivity contribution is 7.89. The molecule has 8 heteroatoms. The van der Waals surface area contributed by atoms with Crippen LogP contribution in [0.3, 0.4) is 0 Å². The predicted molar refractivity (Wildman–Crippen MR) is 78.5 cm³/mol. The fraction of sp³-hybridized carbons (Fsp3) is 0.500. The molecule has 0 bridgehead atoms. The van der Waals surface area contributed by atoms with Crippen LogP contribution in [-0.2, 0) is 21.3 Å². The van der Waals surface area contributed by atoms with Crippen LogP contribution in [0, 0.1) is 0 Å². The summed E-state index contributed by atoms with van der Waals surface area (Å²) >= 11 is 12.0. The molecule has 1 heterocycles. The van der Waals surface area contributed by atoms with E-state index in [1.807, 2.05) is 0 Å². The minimum absolute atomic E-state index is 0.0553. The Morgan fingerprint density at radius 2 is 2.15 bits per heavy atom. The molecule has 0 spiro atoms. The van der Waals surface area contributed by atoms with Gasteiger partial charge in [-0.05, 0) is 31.0 Å². The summed E-state index contributed by atoms with van der Waals surface area (Å²) in [4.78, 5) is -0.0553. The molecule has 112 valence electrons. The molecule has 0 aliphatic carbocycles. The van der Waals surface area contributed by atoms with E-state index < -0.39 is 15.6 Å². The van der Waals surface area contributed by atoms with Crippen LogP contribution < -0.4 is 10.5 Å². The quantitative estimate of drug-likeness (QED) is 0.878. The Balaban J connectivity index is 2.41. The Bertz CT molecular complexity index is 613. The second-order valence-electron chi connectivity index (χ2n) is 5.05. The zero-order valence-electron chi connectivity index (χ0n) is 10.9. The molecular weight excluding hydrogens is 323 g/mol. The largest absolute Gasteiger partial charge is 0.379 e. The highest BCUT2D eigenvalue weighted by Crippen LogP contribution is 2.31. The van der Waals surface area contributed by atoms with Gasteiger partial charge in [0.05, 0.1) is 17.2 Å². The number of nitrogens with two attached hydrogens (primary N) is 1. The van der Waals surface area contributed by atoms with Crippen molar-refractivity contribution in [3.63, 3.8) is 0 Å². The van der Waals surface area contributed by atoms with Crippen LogP contribution in [0.25, 0.3) is 0 Å². The van der Waals surface area contributed by atoms with Crippen molar-refractivity contribution >= 4 is 33.2 Å². The molecule has 1 aromatic rings. The average molecular weight is 339 g/mol. The first-order valence-electron chi connectivity index (χ1n) is 6.07. The van der Waals surface area contributed by atoms with Crippen LogP contribution >= 0.6 is 23.2 Å². The van der Waals surface area contributed by atoms with Crippen LogP contribution in [0.2, 0.25) is 10.0 Å². The fourth-order valence-electron chi connectivity index (χ4n) is 2.09. The number of benzene rings is 1. The van der Waals surface area contributed by atoms with Gasteiger partial charge in [-0.1, -0.05) is 23.2 Å². The standard InChI is InChI=1S/C12H16Cl2N2O3S/c1-12(2-3-19-7-12)16-20(17,18)10-5-9(13)4-8(6-15)11(10)14/h4-5,16H,2-3,6-7,15H2,1H3. The maximum Gasteiger partial charge on any atom is 0.242 e. The summed E-state index contributed by atoms with van der Waals surface area (Å²) < 4.78 is 32.8. The number of ether oxygens (including phenoxy) is 1. The molecule has 2 rings (SSSR count). The summed E-state index contributed by atoms with van der Waals surface area (Å²) in [5, 5.41) is 0.384. The molecule has 1 saturated heterocycles. The topological polar surface area (TPSA) is 81.4 Å². The molecule has 0 amide bonds. The van der Waals surface area contributed by atoms with Crippen molar-refractivity contribution in [2.75, 3.05) is 13.2 Å². The summed E-state index contributed by atoms with van der Waals surface area (Å²) in [7, 11) is -3.79. The van der Waals surface area contributed by atoms with Crippen LogP contribution in [0.4, 0.5) is 0 Å². The predicted octanol–water partition coefficient (Wildman–Crippen LogP) is 1.91. The molecule has 0 aromatic heterocycles. The van der Waals surface area contributed by atoms with Gasteiger partial charge in [0, 0.05) is 18.2 Å². The lowest BCUT2D eigenvalue weighted by molar-refractivity contribution is 0.178. The number of halogens is 2. The van der Waals surface area contributed by atoms with Crippen molar-refractivity contribution in [2.45, 2.75) is 30.3 Å². The molecule has 1 aromatic carbocycles. The summed E-state index contributed by atoms with van der Waals surface area (Å²) in [5.74, 6) is 0. The molecule has 1 aliphatic rings. The highest BCUT2D eigenvalue weighted by atomic mass is 35.5. The second kappa shape index (κ2) is 5.79. The third kappa shape index (κ3) is 3.27. The van der Waals surface area contributed by atoms with E-state index in [0.717, 1.165) is 0 Å². The lowest BCUT2D eigenvalue weighted by Gasteiger charge is -2.24. The van der Waals surface area contributed by atoms with E-state index >= 15 is 0 Å². The first kappa shape index (κ1) is 16.0. The SMILES string of the molecule is CC1(NS(=O)(=O)c2cc(Cl)cc(CN)c2Cl)CCOC1. The summed E-state index contributed by atoms with van der Waals surface area (Å²) in [6.45, 7) is 2.76. The number of nitrogens with one attached hydrogen (secondary N) is 1. The molecule has 20 heavy (non-hydrogen) atoms. The van der Waals surface area contributed by atoms with Gasteiger partial charge in [0.25, 0.3) is 0 Å². The van der Waals surface area contributed by atoms with E-state index in [-0.39, 0.29) is 21.5 Å². The van der Waals surface area contributed by atoms with Crippen molar-refractivity contribution < 1.29 is 13.2 Å². The zero-order valence-corrected chi connectivity index (χ0v) is 13.3. The van der Waals surface area contributed by atoms with Crippen LogP contribution in [0.1, 0.15) is 18.9 Å². The Labute approximate surface area is 128 Å². The van der Waals surface area contributed by atoms with E-state index in [0.29, 0.717) is 25.2 Å². The van der Waals surface area contributed by atoms with E-state index in [1.54, 1.807) is 13.0 Å². The van der Waals surface area contributed by atoms with E-state index in [4.69, 9.17) is 33.7 Å². The van der Waals surface area contributed by atoms with Crippen molar-refractivity contribution in [1.29, 1.82) is 0 Å². The third-order valence-electron chi connectivity index (χ3n) is 3.19. The van der Waals surface area contributed by atoms with E-state index in [2.05, 4.69) is 4.72 Å². The van der Waals surface area contributed by atoms with Gasteiger partial charge in [-0.2, -0.15) is 0 Å². The smallest absolute Gasteiger partial charge is 0.242 e. The fourth-order valence-corrected chi connectivity index (χ4v) is 4.45. The lowest BCUT2D eigenvalue weighted by Crippen LogP contribution is -2.46. The molecule has 5 nitrogen and oxygen atoms in total. The lowest BCUT2D eigenvalue weighted by atomic mass is 10.0. The van der Waals surface area contributed by atoms with Gasteiger partial charge in [0.1, 0.15) is 4.90 Å². The van der Waals surface area contributed by atoms with Gasteiger partial charge >= 0.3 is 0 Å². The second-order valence-corrected chi connectivity index (χ2v) is 7.52. The van der Waals surface area contributed by atoms with Crippen molar-refractivity contribution in [1.82, 2.24) is 4.72 Å². The van der Waals surface area contributed by atoms with Crippen LogP contribution in [-0.4, -0.2) is 27.2 Å². The van der Waals surface area contributed by atoms with Crippen molar-refractivity contribution in [2.24, 2.45) is 5.73 Å². The van der Waals surface area contributed by atoms with Gasteiger partial charge in [0.2, 0.25) is 10.0 Å². The Kier molecular flexibility index (Phi) is 4.63. The first-order chi connectivity index (χ1) is 9.27. The van der Waals surface area contributed by atoms with Crippen LogP contribution in [0.5, 0.6) is 0 Å². The van der Waals surface area contributed by atoms with Crippen molar-refractivity contribution in [3.8, 4) is 0 Å². The van der Waals surface area contributed by atoms with E-state index in [9.17, 15) is 8.42 Å². The van der Waals surface area contributed by atoms with Gasteiger partial charge in [-0.3, -0.25) is 0 Å². The molecular formula is C12H16Cl2N2O3S. The van der Waals surface area contributed by atoms with E-state index in [1.165, 1.54) is 6.07 Å². The number of rotatable bonds is 4. The first-order valence-corrected chi connectivity index (χ1v) is 8.31. The van der Waals surface area contributed by atoms with Gasteiger partial charge in [0.15, 0.2) is 0 Å². The minimum atomic E-state index is -3.79. The van der Waals surface area contributed by atoms with Gasteiger partial charge < -0.3 is 10.5 Å². The molecule has 0 saturated carbocycles. The number of hydrogen-bond donors (Lipinski definition) is 2. The molecule has 1 unspecified atom stereocenters. The maximum absolute atomic E-state index is 12.5. The Morgan fingerprint density at radius 1 is 1.45 bits per heavy atom. The average Bonchev–Trinajstić information content (AvgIpc) is 2.77. The number of hydrogen-bond acceptors (Lipinski definition) is 4. The normalized spacial score (nSPS) is 23.2. The highest BCUT2D eigenvalue weighted by Gasteiger charge is 2.35. The molecule has 1 aliphatic heterocycles. The third-order valence-corrected chi connectivity index (χ3v) is 5.63. The summed E-state index contributed by atoms with van der Waals surface area (Å²) in [5.41, 5.74) is 5.40. The van der Waals surface area contributed by atoms with Crippen LogP contribution in [0.15, 0.2) is 17.0 Å². The number of sulfonamides is 1. The molecule has 0 radical (unpaired) electrons. The summed E-state index contributed by atoms with van der Waals surface area (Å²) in [6.07, 6.45) is 0.605. The van der Waals surface area contributed by atoms with Gasteiger partial charge in [-0.25, -0.2) is 13.1 Å². The monoisotopic (exact) mass is 338 g/mol. The van der Waals surface area contributed by atoms with Crippen molar-refractivity contribution in [3.05, 3.63) is 27.7 Å². The Morgan fingerprint density at radius 3 is 2.70 bits per heavy atom. The zero-order chi connectivity index (χ0) is 15.0. The minimum Gasteiger partial charge on any atom is -0.379 e.